The van der Waals surface area contributed by atoms with Crippen molar-refractivity contribution in [2.45, 2.75) is 70.4 Å². The van der Waals surface area contributed by atoms with Crippen LogP contribution in [-0.4, -0.2) is 75.5 Å². The van der Waals surface area contributed by atoms with Crippen molar-refractivity contribution < 1.29 is 9.59 Å². The summed E-state index contributed by atoms with van der Waals surface area (Å²) in [6, 6.07) is 15.6. The molecule has 226 valence electrons. The van der Waals surface area contributed by atoms with Gasteiger partial charge in [0, 0.05) is 32.2 Å². The number of rotatable bonds is 12. The number of likely N-dealkylation sites (tertiary alicyclic amines) is 1. The molecule has 1 fully saturated rings. The summed E-state index contributed by atoms with van der Waals surface area (Å²) in [5.41, 5.74) is 4.62. The number of tetrazole rings is 1. The molecule has 2 N–H and O–H groups in total. The standard InChI is InChI=1S/C33H42N8O2/c1-7-9-25-18-26(31(43)40(5)6)15-16-28(25)33(22(2)3,32-36-38-39-37-32)19-29(24-13-11-23(4)12-14-24)35-21-30(42)41-17-8-10-27(41)20-34/h11-16,18,27,29,35H,2,7-10,17,19,21H2,1,3-6H3,(H,36,37,38,39). The predicted molar refractivity (Wildman–Crippen MR) is 165 cm³/mol. The topological polar surface area (TPSA) is 131 Å². The van der Waals surface area contributed by atoms with E-state index in [4.69, 9.17) is 0 Å². The fourth-order valence-corrected chi connectivity index (χ4v) is 6.06. The van der Waals surface area contributed by atoms with E-state index in [2.05, 4.69) is 69.8 Å². The lowest BCUT2D eigenvalue weighted by atomic mass is 9.67. The van der Waals surface area contributed by atoms with Gasteiger partial charge in [0.05, 0.1) is 18.0 Å². The van der Waals surface area contributed by atoms with Crippen LogP contribution in [0.15, 0.2) is 54.6 Å². The van der Waals surface area contributed by atoms with E-state index in [1.807, 2.05) is 32.0 Å². The molecule has 1 aromatic heterocycles. The van der Waals surface area contributed by atoms with Crippen molar-refractivity contribution in [3.8, 4) is 6.07 Å². The van der Waals surface area contributed by atoms with E-state index in [-0.39, 0.29) is 30.4 Å². The molecular weight excluding hydrogens is 540 g/mol. The Balaban J connectivity index is 1.82. The fraction of sp³-hybridized carbons (Fsp3) is 0.455. The molecule has 2 aromatic carbocycles. The molecule has 43 heavy (non-hydrogen) atoms. The number of H-pyrrole nitrogens is 1. The van der Waals surface area contributed by atoms with E-state index in [1.54, 1.807) is 23.9 Å². The molecule has 0 saturated carbocycles. The molecule has 0 radical (unpaired) electrons. The molecule has 3 atom stereocenters. The number of hydrogen-bond donors (Lipinski definition) is 2. The Kier molecular flexibility index (Phi) is 10.1. The molecule has 2 heterocycles. The van der Waals surface area contributed by atoms with Crippen molar-refractivity contribution in [3.63, 3.8) is 0 Å². The van der Waals surface area contributed by atoms with Crippen LogP contribution in [0.1, 0.15) is 84.0 Å². The number of benzene rings is 2. The summed E-state index contributed by atoms with van der Waals surface area (Å²) < 4.78 is 0. The number of nitriles is 1. The zero-order valence-corrected chi connectivity index (χ0v) is 25.9. The van der Waals surface area contributed by atoms with Crippen LogP contribution >= 0.6 is 0 Å². The van der Waals surface area contributed by atoms with Crippen LogP contribution in [0, 0.1) is 18.3 Å². The summed E-state index contributed by atoms with van der Waals surface area (Å²) in [5.74, 6) is 0.304. The number of amides is 2. The monoisotopic (exact) mass is 582 g/mol. The van der Waals surface area contributed by atoms with Gasteiger partial charge in [0.15, 0.2) is 5.82 Å². The molecule has 0 aliphatic carbocycles. The van der Waals surface area contributed by atoms with Crippen LogP contribution in [0.25, 0.3) is 0 Å². The van der Waals surface area contributed by atoms with Gasteiger partial charge in [-0.25, -0.2) is 0 Å². The highest BCUT2D eigenvalue weighted by atomic mass is 16.2. The number of aryl methyl sites for hydroxylation is 2. The highest BCUT2D eigenvalue weighted by Gasteiger charge is 2.43. The Morgan fingerprint density at radius 3 is 2.60 bits per heavy atom. The molecule has 1 aliphatic heterocycles. The second-order valence-electron chi connectivity index (χ2n) is 11.7. The van der Waals surface area contributed by atoms with E-state index >= 15 is 0 Å². The SMILES string of the molecule is C=C(C)C(CC(NCC(=O)N1CCCC1C#N)c1ccc(C)cc1)(c1nn[nH]n1)c1ccc(C(=O)N(C)C)cc1CCC. The summed E-state index contributed by atoms with van der Waals surface area (Å²) in [5, 5.41) is 28.6. The highest BCUT2D eigenvalue weighted by Crippen LogP contribution is 2.45. The van der Waals surface area contributed by atoms with Gasteiger partial charge < -0.3 is 15.1 Å². The van der Waals surface area contributed by atoms with Gasteiger partial charge >= 0.3 is 0 Å². The largest absolute Gasteiger partial charge is 0.345 e. The van der Waals surface area contributed by atoms with E-state index < -0.39 is 5.41 Å². The summed E-state index contributed by atoms with van der Waals surface area (Å²) in [7, 11) is 3.49. The number of aromatic amines is 1. The van der Waals surface area contributed by atoms with Crippen LogP contribution in [0.5, 0.6) is 0 Å². The number of allylic oxidation sites excluding steroid dienone is 1. The van der Waals surface area contributed by atoms with Crippen LogP contribution in [0.2, 0.25) is 0 Å². The maximum Gasteiger partial charge on any atom is 0.253 e. The molecule has 0 bridgehead atoms. The van der Waals surface area contributed by atoms with Gasteiger partial charge in [-0.1, -0.05) is 66.6 Å². The first-order chi connectivity index (χ1) is 20.6. The second-order valence-corrected chi connectivity index (χ2v) is 11.7. The Hall–Kier alpha value is -4.36. The van der Waals surface area contributed by atoms with Gasteiger partial charge in [0.1, 0.15) is 6.04 Å². The molecule has 3 aromatic rings. The van der Waals surface area contributed by atoms with Crippen LogP contribution in [0.3, 0.4) is 0 Å². The molecule has 4 rings (SSSR count). The first-order valence-electron chi connectivity index (χ1n) is 14.9. The van der Waals surface area contributed by atoms with Crippen molar-refractivity contribution in [1.82, 2.24) is 35.7 Å². The summed E-state index contributed by atoms with van der Waals surface area (Å²) in [6.45, 7) is 11.2. The maximum atomic E-state index is 13.3. The smallest absolute Gasteiger partial charge is 0.253 e. The molecule has 10 nitrogen and oxygen atoms in total. The zero-order valence-electron chi connectivity index (χ0n) is 25.9. The number of carbonyl (C=O) groups is 2. The van der Waals surface area contributed by atoms with E-state index in [9.17, 15) is 14.9 Å². The van der Waals surface area contributed by atoms with Crippen LogP contribution in [0.4, 0.5) is 0 Å². The predicted octanol–water partition coefficient (Wildman–Crippen LogP) is 4.26. The lowest BCUT2D eigenvalue weighted by molar-refractivity contribution is -0.130. The van der Waals surface area contributed by atoms with E-state index in [1.165, 1.54) is 0 Å². The number of hydrogen-bond acceptors (Lipinski definition) is 7. The van der Waals surface area contributed by atoms with Crippen molar-refractivity contribution >= 4 is 11.8 Å². The third-order valence-corrected chi connectivity index (χ3v) is 8.41. The van der Waals surface area contributed by atoms with Crippen molar-refractivity contribution in [2.24, 2.45) is 0 Å². The molecule has 10 heteroatoms. The van der Waals surface area contributed by atoms with Crippen molar-refractivity contribution in [3.05, 3.63) is 88.3 Å². The molecular formula is C33H42N8O2. The first kappa shape index (κ1) is 31.6. The van der Waals surface area contributed by atoms with Gasteiger partial charge in [-0.05, 0) is 68.4 Å². The van der Waals surface area contributed by atoms with Gasteiger partial charge in [-0.15, -0.1) is 10.2 Å². The highest BCUT2D eigenvalue weighted by molar-refractivity contribution is 5.94. The minimum Gasteiger partial charge on any atom is -0.345 e. The summed E-state index contributed by atoms with van der Waals surface area (Å²) >= 11 is 0. The Labute approximate surface area is 254 Å². The number of carbonyl (C=O) groups excluding carboxylic acids is 2. The Morgan fingerprint density at radius 1 is 1.26 bits per heavy atom. The minimum atomic E-state index is -0.897. The first-order valence-corrected chi connectivity index (χ1v) is 14.9. The quantitative estimate of drug-likeness (QED) is 0.305. The average molecular weight is 583 g/mol. The fourth-order valence-electron chi connectivity index (χ4n) is 6.06. The number of aromatic nitrogens is 4. The van der Waals surface area contributed by atoms with Gasteiger partial charge in [0.25, 0.3) is 5.91 Å². The molecule has 1 saturated heterocycles. The zero-order chi connectivity index (χ0) is 31.1. The molecule has 1 aliphatic rings. The Bertz CT molecular complexity index is 1480. The molecule has 0 spiro atoms. The second kappa shape index (κ2) is 13.7. The Morgan fingerprint density at radius 2 is 2.00 bits per heavy atom. The van der Waals surface area contributed by atoms with Crippen molar-refractivity contribution in [2.75, 3.05) is 27.2 Å². The number of nitrogens with one attached hydrogen (secondary N) is 2. The maximum absolute atomic E-state index is 13.3. The lowest BCUT2D eigenvalue weighted by Crippen LogP contribution is -2.43. The molecule has 3 unspecified atom stereocenters. The summed E-state index contributed by atoms with van der Waals surface area (Å²) in [6.07, 6.45) is 3.58. The third-order valence-electron chi connectivity index (χ3n) is 8.41. The van der Waals surface area contributed by atoms with Crippen LogP contribution in [-0.2, 0) is 16.6 Å². The average Bonchev–Trinajstić information content (AvgIpc) is 3.71. The van der Waals surface area contributed by atoms with E-state index in [0.717, 1.165) is 47.1 Å². The van der Waals surface area contributed by atoms with Gasteiger partial charge in [-0.3, -0.25) is 9.59 Å². The summed E-state index contributed by atoms with van der Waals surface area (Å²) in [4.78, 5) is 29.5. The minimum absolute atomic E-state index is 0.0697. The van der Waals surface area contributed by atoms with Gasteiger partial charge in [0.2, 0.25) is 5.91 Å². The van der Waals surface area contributed by atoms with E-state index in [0.29, 0.717) is 30.8 Å². The third kappa shape index (κ3) is 6.67. The number of nitrogens with zero attached hydrogens (tertiary/aromatic N) is 6. The van der Waals surface area contributed by atoms with Crippen molar-refractivity contribution in [1.29, 1.82) is 5.26 Å². The lowest BCUT2D eigenvalue weighted by Gasteiger charge is -2.38. The van der Waals surface area contributed by atoms with Crippen LogP contribution < -0.4 is 5.32 Å². The molecule has 2 amide bonds. The normalized spacial score (nSPS) is 16.7. The van der Waals surface area contributed by atoms with Gasteiger partial charge in [-0.2, -0.15) is 10.5 Å².